The van der Waals surface area contributed by atoms with Crippen molar-refractivity contribution < 1.29 is 45.6 Å². The van der Waals surface area contributed by atoms with Gasteiger partial charge in [0.05, 0.1) is 0 Å². The van der Waals surface area contributed by atoms with Gasteiger partial charge in [-0.15, -0.1) is 0 Å². The minimum atomic E-state index is -6.09. The molecule has 0 spiro atoms. The molecule has 0 N–H and O–H groups in total. The number of hydrogen-bond acceptors (Lipinski definition) is 3. The summed E-state index contributed by atoms with van der Waals surface area (Å²) in [6.45, 7) is 0. The van der Waals surface area contributed by atoms with E-state index in [9.17, 15) is 13.2 Å². The largest absolute Gasteiger partial charge is 2.00 e. The molecule has 0 rings (SSSR count). The van der Waals surface area contributed by atoms with Crippen molar-refractivity contribution in [1.29, 1.82) is 0 Å². The zero-order chi connectivity index (χ0) is 7.00. The van der Waals surface area contributed by atoms with Crippen LogP contribution in [-0.4, -0.2) is 18.5 Å². The van der Waals surface area contributed by atoms with Gasteiger partial charge in [-0.25, -0.2) is 8.42 Å². The van der Waals surface area contributed by atoms with E-state index in [1.54, 1.807) is 0 Å². The van der Waals surface area contributed by atoms with Crippen LogP contribution in [0.15, 0.2) is 0 Å². The average molecular weight is 214 g/mol. The summed E-state index contributed by atoms with van der Waals surface area (Å²) < 4.78 is 58.9. The van der Waals surface area contributed by atoms with Crippen LogP contribution in [-0.2, 0) is 29.6 Å². The van der Waals surface area contributed by atoms with E-state index in [1.165, 1.54) is 0 Å². The Labute approximate surface area is 61.7 Å². The molecule has 0 radical (unpaired) electrons. The molecule has 0 atom stereocenters. The van der Waals surface area contributed by atoms with Crippen LogP contribution in [0.1, 0.15) is 0 Å². The molecule has 9 heavy (non-hydrogen) atoms. The number of hydrogen-bond donors (Lipinski definition) is 0. The summed E-state index contributed by atoms with van der Waals surface area (Å²) in [7, 11) is -6.09. The van der Waals surface area contributed by atoms with Crippen LogP contribution in [0.25, 0.3) is 0 Å². The molecular formula is CF3O3SZn+. The van der Waals surface area contributed by atoms with Crippen molar-refractivity contribution in [2.45, 2.75) is 5.51 Å². The van der Waals surface area contributed by atoms with Gasteiger partial charge in [-0.05, 0) is 0 Å². The summed E-state index contributed by atoms with van der Waals surface area (Å²) in [5, 5.41) is 0. The monoisotopic (exact) mass is 213 g/mol. The first-order valence-corrected chi connectivity index (χ1v) is 2.68. The van der Waals surface area contributed by atoms with E-state index < -0.39 is 15.6 Å². The molecular weight excluding hydrogens is 214 g/mol. The fourth-order valence-electron chi connectivity index (χ4n) is 0. The Bertz CT molecular complexity index is 168. The number of alkyl halides is 3. The Morgan fingerprint density at radius 3 is 1.33 bits per heavy atom. The van der Waals surface area contributed by atoms with Crippen LogP contribution in [0.4, 0.5) is 13.2 Å². The molecule has 0 aliphatic rings. The molecule has 0 heterocycles. The van der Waals surface area contributed by atoms with Gasteiger partial charge in [-0.2, -0.15) is 13.2 Å². The van der Waals surface area contributed by atoms with Crippen LogP contribution in [0, 0.1) is 0 Å². The van der Waals surface area contributed by atoms with Crippen molar-refractivity contribution in [2.24, 2.45) is 0 Å². The SMILES string of the molecule is O=S(=O)([O-])C(F)(F)F.[Zn+2]. The van der Waals surface area contributed by atoms with Crippen molar-refractivity contribution in [3.63, 3.8) is 0 Å². The zero-order valence-corrected chi connectivity index (χ0v) is 7.76. The maximum Gasteiger partial charge on any atom is 2.00 e. The maximum absolute atomic E-state index is 10.7. The Morgan fingerprint density at radius 1 is 1.22 bits per heavy atom. The molecule has 0 aliphatic carbocycles. The summed E-state index contributed by atoms with van der Waals surface area (Å²) in [5.74, 6) is 0. The van der Waals surface area contributed by atoms with Gasteiger partial charge in [-0.1, -0.05) is 0 Å². The predicted octanol–water partition coefficient (Wildman–Crippen LogP) is 0.0489. The molecule has 0 fully saturated rings. The first-order valence-electron chi connectivity index (χ1n) is 1.27. The van der Waals surface area contributed by atoms with Gasteiger partial charge >= 0.3 is 25.0 Å². The van der Waals surface area contributed by atoms with Crippen LogP contribution >= 0.6 is 0 Å². The molecule has 0 aromatic heterocycles. The van der Waals surface area contributed by atoms with Gasteiger partial charge in [0.15, 0.2) is 10.1 Å². The second-order valence-electron chi connectivity index (χ2n) is 0.900. The summed E-state index contributed by atoms with van der Waals surface area (Å²) in [5.41, 5.74) is -5.65. The quantitative estimate of drug-likeness (QED) is 0.325. The van der Waals surface area contributed by atoms with Gasteiger partial charge in [0.2, 0.25) is 0 Å². The number of halogens is 3. The Kier molecular flexibility index (Phi) is 3.93. The first kappa shape index (κ1) is 12.0. The van der Waals surface area contributed by atoms with Gasteiger partial charge < -0.3 is 4.55 Å². The minimum absolute atomic E-state index is 0. The third-order valence-corrected chi connectivity index (χ3v) is 0.850. The molecule has 0 aliphatic heterocycles. The van der Waals surface area contributed by atoms with Gasteiger partial charge in [0, 0.05) is 0 Å². The van der Waals surface area contributed by atoms with Gasteiger partial charge in [0.25, 0.3) is 0 Å². The van der Waals surface area contributed by atoms with Crippen LogP contribution in [0.3, 0.4) is 0 Å². The van der Waals surface area contributed by atoms with Crippen LogP contribution in [0.2, 0.25) is 0 Å². The van der Waals surface area contributed by atoms with E-state index in [-0.39, 0.29) is 19.5 Å². The molecule has 8 heteroatoms. The fourth-order valence-corrected chi connectivity index (χ4v) is 0. The topological polar surface area (TPSA) is 57.2 Å². The Balaban J connectivity index is 0. The van der Waals surface area contributed by atoms with Crippen molar-refractivity contribution in [3.05, 3.63) is 0 Å². The molecule has 0 aromatic rings. The third kappa shape index (κ3) is 3.83. The average Bonchev–Trinajstić information content (AvgIpc) is 1.25. The second kappa shape index (κ2) is 2.94. The van der Waals surface area contributed by atoms with E-state index in [2.05, 4.69) is 0 Å². The summed E-state index contributed by atoms with van der Waals surface area (Å²) >= 11 is 0. The summed E-state index contributed by atoms with van der Waals surface area (Å²) in [4.78, 5) is 0. The van der Waals surface area contributed by atoms with Crippen LogP contribution in [0.5, 0.6) is 0 Å². The summed E-state index contributed by atoms with van der Waals surface area (Å²) in [6.07, 6.45) is 0. The van der Waals surface area contributed by atoms with Crippen molar-refractivity contribution in [3.8, 4) is 0 Å². The van der Waals surface area contributed by atoms with E-state index >= 15 is 0 Å². The molecule has 0 aromatic carbocycles. The van der Waals surface area contributed by atoms with E-state index in [0.717, 1.165) is 0 Å². The molecule has 50 valence electrons. The van der Waals surface area contributed by atoms with Crippen molar-refractivity contribution in [1.82, 2.24) is 0 Å². The van der Waals surface area contributed by atoms with E-state index in [0.29, 0.717) is 0 Å². The summed E-state index contributed by atoms with van der Waals surface area (Å²) in [6, 6.07) is 0. The smallest absolute Gasteiger partial charge is 0.741 e. The normalized spacial score (nSPS) is 12.4. The first-order chi connectivity index (χ1) is 3.25. The predicted molar refractivity (Wildman–Crippen MR) is 15.8 cm³/mol. The molecule has 0 amide bonds. The standard InChI is InChI=1S/CHF3O3S.Zn/c2-1(3,4)8(5,6)7;/h(H,5,6,7);/q;+2/p-1. The minimum Gasteiger partial charge on any atom is -0.741 e. The molecule has 0 unspecified atom stereocenters. The number of rotatable bonds is 0. The second-order valence-corrected chi connectivity index (χ2v) is 2.27. The van der Waals surface area contributed by atoms with Crippen LogP contribution < -0.4 is 0 Å². The maximum atomic E-state index is 10.7. The zero-order valence-electron chi connectivity index (χ0n) is 3.97. The molecule has 0 saturated carbocycles. The molecule has 0 saturated heterocycles. The Hall–Kier alpha value is 0.323. The van der Waals surface area contributed by atoms with E-state index in [1.807, 2.05) is 0 Å². The fraction of sp³-hybridized carbons (Fsp3) is 1.00. The van der Waals surface area contributed by atoms with Gasteiger partial charge in [-0.3, -0.25) is 0 Å². The molecule has 0 bridgehead atoms. The third-order valence-electron chi connectivity index (χ3n) is 0.283. The Morgan fingerprint density at radius 2 is 1.33 bits per heavy atom. The van der Waals surface area contributed by atoms with Gasteiger partial charge in [0.1, 0.15) is 0 Å². The van der Waals surface area contributed by atoms with E-state index in [4.69, 9.17) is 13.0 Å². The molecule has 3 nitrogen and oxygen atoms in total. The van der Waals surface area contributed by atoms with Crippen molar-refractivity contribution in [2.75, 3.05) is 0 Å². The van der Waals surface area contributed by atoms with Crippen molar-refractivity contribution >= 4 is 10.1 Å².